The third-order valence-electron chi connectivity index (χ3n) is 4.20. The van der Waals surface area contributed by atoms with E-state index in [9.17, 15) is 4.79 Å². The van der Waals surface area contributed by atoms with Crippen molar-refractivity contribution in [1.29, 1.82) is 0 Å². The van der Waals surface area contributed by atoms with Gasteiger partial charge >= 0.3 is 5.97 Å². The molecule has 0 fully saturated rings. The molecular weight excluding hydrogens is 282 g/mol. The Hall–Kier alpha value is -1.68. The zero-order valence-corrected chi connectivity index (χ0v) is 13.2. The van der Waals surface area contributed by atoms with E-state index in [0.29, 0.717) is 18.9 Å². The number of nitrogens with zero attached hydrogens (tertiary/aromatic N) is 1. The molecule has 1 aliphatic carbocycles. The first-order chi connectivity index (χ1) is 10.2. The predicted octanol–water partition coefficient (Wildman–Crippen LogP) is 4.10. The summed E-state index contributed by atoms with van der Waals surface area (Å²) in [7, 11) is 0. The molecule has 1 aromatic carbocycles. The largest absolute Gasteiger partial charge is 0.466 e. The third-order valence-corrected chi connectivity index (χ3v) is 5.00. The molecule has 0 spiro atoms. The molecule has 0 saturated carbocycles. The van der Waals surface area contributed by atoms with Gasteiger partial charge in [0.1, 0.15) is 5.01 Å². The van der Waals surface area contributed by atoms with Crippen molar-refractivity contribution in [3.63, 3.8) is 0 Å². The molecule has 3 nitrogen and oxygen atoms in total. The Bertz CT molecular complexity index is 649. The van der Waals surface area contributed by atoms with E-state index in [0.717, 1.165) is 17.8 Å². The lowest BCUT2D eigenvalue weighted by Gasteiger charge is -2.13. The van der Waals surface area contributed by atoms with Crippen LogP contribution in [-0.4, -0.2) is 17.6 Å². The van der Waals surface area contributed by atoms with Gasteiger partial charge in [-0.2, -0.15) is 0 Å². The van der Waals surface area contributed by atoms with Crippen molar-refractivity contribution in [2.45, 2.75) is 39.0 Å². The number of thiazole rings is 1. The van der Waals surface area contributed by atoms with E-state index in [1.807, 2.05) is 18.5 Å². The van der Waals surface area contributed by atoms with Gasteiger partial charge in [-0.1, -0.05) is 12.1 Å². The molecule has 0 amide bonds. The van der Waals surface area contributed by atoms with Crippen LogP contribution >= 0.6 is 11.3 Å². The summed E-state index contributed by atoms with van der Waals surface area (Å²) in [6.45, 7) is 4.48. The molecule has 110 valence electrons. The van der Waals surface area contributed by atoms with Gasteiger partial charge in [0.05, 0.1) is 13.0 Å². The monoisotopic (exact) mass is 301 g/mol. The lowest BCUT2D eigenvalue weighted by atomic mass is 9.94. The molecule has 1 aliphatic rings. The van der Waals surface area contributed by atoms with Crippen LogP contribution in [-0.2, 0) is 16.0 Å². The zero-order chi connectivity index (χ0) is 14.8. The molecule has 0 radical (unpaired) electrons. The maximum atomic E-state index is 11.7. The summed E-state index contributed by atoms with van der Waals surface area (Å²) in [5, 5.41) is 3.08. The Kier molecular flexibility index (Phi) is 4.06. The van der Waals surface area contributed by atoms with Crippen LogP contribution < -0.4 is 0 Å². The molecule has 2 aromatic rings. The fourth-order valence-electron chi connectivity index (χ4n) is 3.19. The maximum Gasteiger partial charge on any atom is 0.306 e. The third kappa shape index (κ3) is 2.72. The Morgan fingerprint density at radius 1 is 1.48 bits per heavy atom. The number of carbonyl (C=O) groups excluding carboxylic acids is 1. The van der Waals surface area contributed by atoms with E-state index in [2.05, 4.69) is 24.0 Å². The second-order valence-electron chi connectivity index (χ2n) is 5.39. The van der Waals surface area contributed by atoms with Gasteiger partial charge in [-0.15, -0.1) is 11.3 Å². The number of hydrogen-bond acceptors (Lipinski definition) is 4. The van der Waals surface area contributed by atoms with Crippen LogP contribution in [0.5, 0.6) is 0 Å². The molecule has 1 aromatic heterocycles. The summed E-state index contributed by atoms with van der Waals surface area (Å²) in [5.41, 5.74) is 5.26. The van der Waals surface area contributed by atoms with Crippen LogP contribution in [0.3, 0.4) is 0 Å². The van der Waals surface area contributed by atoms with Gasteiger partial charge in [0.2, 0.25) is 0 Å². The Balaban J connectivity index is 1.88. The molecule has 0 aliphatic heterocycles. The quantitative estimate of drug-likeness (QED) is 0.798. The van der Waals surface area contributed by atoms with Gasteiger partial charge in [-0.25, -0.2) is 4.98 Å². The van der Waals surface area contributed by atoms with E-state index < -0.39 is 0 Å². The van der Waals surface area contributed by atoms with Gasteiger partial charge in [-0.05, 0) is 49.3 Å². The standard InChI is InChI=1S/C17H19NO2S/c1-3-20-16(19)10-12-4-5-13-11(2)14(6-7-15(12)13)17-18-8-9-21-17/h6-9,12H,3-5,10H2,1-2H3/t12-/m1/s1. The normalized spacial score (nSPS) is 16.8. The van der Waals surface area contributed by atoms with E-state index >= 15 is 0 Å². The fourth-order valence-corrected chi connectivity index (χ4v) is 3.91. The SMILES string of the molecule is CCOC(=O)C[C@H]1CCc2c1ccc(-c1nccs1)c2C. The molecule has 0 bridgehead atoms. The summed E-state index contributed by atoms with van der Waals surface area (Å²) >= 11 is 1.67. The first-order valence-electron chi connectivity index (χ1n) is 7.38. The number of rotatable bonds is 4. The number of fused-ring (bicyclic) bond motifs is 1. The molecule has 1 atom stereocenters. The minimum absolute atomic E-state index is 0.0861. The van der Waals surface area contributed by atoms with Crippen LogP contribution in [0.4, 0.5) is 0 Å². The number of aromatic nitrogens is 1. The Morgan fingerprint density at radius 2 is 2.33 bits per heavy atom. The van der Waals surface area contributed by atoms with E-state index in [4.69, 9.17) is 4.74 Å². The lowest BCUT2D eigenvalue weighted by molar-refractivity contribution is -0.143. The summed E-state index contributed by atoms with van der Waals surface area (Å²) in [4.78, 5) is 16.1. The highest BCUT2D eigenvalue weighted by molar-refractivity contribution is 7.13. The molecule has 4 heteroatoms. The molecular formula is C17H19NO2S. The highest BCUT2D eigenvalue weighted by atomic mass is 32.1. The van der Waals surface area contributed by atoms with Crippen molar-refractivity contribution in [3.05, 3.63) is 40.4 Å². The van der Waals surface area contributed by atoms with Gasteiger partial charge < -0.3 is 4.74 Å². The number of ether oxygens (including phenoxy) is 1. The molecule has 21 heavy (non-hydrogen) atoms. The molecule has 3 rings (SSSR count). The van der Waals surface area contributed by atoms with Crippen LogP contribution in [0.1, 0.15) is 42.4 Å². The average Bonchev–Trinajstić information content (AvgIpc) is 3.10. The Morgan fingerprint density at radius 3 is 3.05 bits per heavy atom. The van der Waals surface area contributed by atoms with Crippen LogP contribution in [0.25, 0.3) is 10.6 Å². The molecule has 0 N–H and O–H groups in total. The smallest absolute Gasteiger partial charge is 0.306 e. The number of benzene rings is 1. The fraction of sp³-hybridized carbons (Fsp3) is 0.412. The maximum absolute atomic E-state index is 11.7. The molecule has 0 saturated heterocycles. The minimum atomic E-state index is -0.0861. The number of carbonyl (C=O) groups is 1. The van der Waals surface area contributed by atoms with E-state index in [1.54, 1.807) is 11.3 Å². The van der Waals surface area contributed by atoms with E-state index in [1.165, 1.54) is 22.3 Å². The Labute approximate surface area is 129 Å². The second-order valence-corrected chi connectivity index (χ2v) is 6.28. The highest BCUT2D eigenvalue weighted by Gasteiger charge is 2.27. The van der Waals surface area contributed by atoms with Gasteiger partial charge in [0.15, 0.2) is 0 Å². The van der Waals surface area contributed by atoms with E-state index in [-0.39, 0.29) is 5.97 Å². The topological polar surface area (TPSA) is 39.2 Å². The second kappa shape index (κ2) is 5.98. The summed E-state index contributed by atoms with van der Waals surface area (Å²) in [5.74, 6) is 0.222. The van der Waals surface area contributed by atoms with Gasteiger partial charge in [0, 0.05) is 17.1 Å². The highest BCUT2D eigenvalue weighted by Crippen LogP contribution is 2.40. The van der Waals surface area contributed by atoms with Crippen LogP contribution in [0.2, 0.25) is 0 Å². The lowest BCUT2D eigenvalue weighted by Crippen LogP contribution is -2.08. The number of esters is 1. The number of hydrogen-bond donors (Lipinski definition) is 0. The van der Waals surface area contributed by atoms with Crippen molar-refractivity contribution in [2.75, 3.05) is 6.61 Å². The zero-order valence-electron chi connectivity index (χ0n) is 12.4. The van der Waals surface area contributed by atoms with Gasteiger partial charge in [-0.3, -0.25) is 4.79 Å². The average molecular weight is 301 g/mol. The van der Waals surface area contributed by atoms with Crippen molar-refractivity contribution >= 4 is 17.3 Å². The van der Waals surface area contributed by atoms with Crippen molar-refractivity contribution in [1.82, 2.24) is 4.98 Å². The van der Waals surface area contributed by atoms with Crippen LogP contribution in [0.15, 0.2) is 23.7 Å². The van der Waals surface area contributed by atoms with Crippen LogP contribution in [0, 0.1) is 6.92 Å². The van der Waals surface area contributed by atoms with Crippen molar-refractivity contribution in [3.8, 4) is 10.6 Å². The predicted molar refractivity (Wildman–Crippen MR) is 84.6 cm³/mol. The first kappa shape index (κ1) is 14.3. The van der Waals surface area contributed by atoms with Crippen molar-refractivity contribution in [2.24, 2.45) is 0 Å². The van der Waals surface area contributed by atoms with Gasteiger partial charge in [0.25, 0.3) is 0 Å². The first-order valence-corrected chi connectivity index (χ1v) is 8.26. The summed E-state index contributed by atoms with van der Waals surface area (Å²) < 4.78 is 5.08. The molecule has 1 heterocycles. The minimum Gasteiger partial charge on any atom is -0.466 e. The summed E-state index contributed by atoms with van der Waals surface area (Å²) in [6, 6.07) is 4.33. The van der Waals surface area contributed by atoms with Crippen molar-refractivity contribution < 1.29 is 9.53 Å². The molecule has 0 unspecified atom stereocenters. The summed E-state index contributed by atoms with van der Waals surface area (Å²) in [6.07, 6.45) is 4.42.